The number of carbonyl (C=O) groups excluding carboxylic acids is 1. The second-order valence-corrected chi connectivity index (χ2v) is 3.98. The Hall–Kier alpha value is -2.19. The van der Waals surface area contributed by atoms with E-state index in [0.717, 1.165) is 18.2 Å². The van der Waals surface area contributed by atoms with Gasteiger partial charge in [-0.3, -0.25) is 14.9 Å². The van der Waals surface area contributed by atoms with Gasteiger partial charge in [0.2, 0.25) is 0 Å². The summed E-state index contributed by atoms with van der Waals surface area (Å²) in [6, 6.07) is 3.27. The summed E-state index contributed by atoms with van der Waals surface area (Å²) in [6.45, 7) is 0.412. The van der Waals surface area contributed by atoms with Crippen molar-refractivity contribution in [3.05, 3.63) is 33.9 Å². The molecule has 0 saturated carbocycles. The third-order valence-corrected chi connectivity index (χ3v) is 2.60. The molecule has 0 fully saturated rings. The fourth-order valence-electron chi connectivity index (χ4n) is 1.56. The van der Waals surface area contributed by atoms with Crippen LogP contribution in [0.15, 0.2) is 18.2 Å². The Kier molecular flexibility index (Phi) is 5.88. The van der Waals surface area contributed by atoms with Crippen molar-refractivity contribution in [1.29, 1.82) is 0 Å². The van der Waals surface area contributed by atoms with Gasteiger partial charge in [-0.25, -0.2) is 0 Å². The first-order chi connectivity index (χ1) is 9.49. The monoisotopic (exact) mass is 284 g/mol. The van der Waals surface area contributed by atoms with E-state index in [0.29, 0.717) is 0 Å². The van der Waals surface area contributed by atoms with Crippen LogP contribution in [0, 0.1) is 10.1 Å². The number of amides is 1. The third-order valence-electron chi connectivity index (χ3n) is 2.60. The van der Waals surface area contributed by atoms with E-state index in [-0.39, 0.29) is 36.3 Å². The number of hydrogen-bond acceptors (Lipinski definition) is 6. The lowest BCUT2D eigenvalue weighted by Crippen LogP contribution is -2.35. The van der Waals surface area contributed by atoms with Crippen molar-refractivity contribution < 1.29 is 24.3 Å². The van der Waals surface area contributed by atoms with E-state index in [2.05, 4.69) is 5.32 Å². The highest BCUT2D eigenvalue weighted by atomic mass is 16.6. The highest BCUT2D eigenvalue weighted by Gasteiger charge is 2.21. The molecule has 0 aliphatic carbocycles. The second kappa shape index (κ2) is 7.41. The lowest BCUT2D eigenvalue weighted by molar-refractivity contribution is -0.385. The largest absolute Gasteiger partial charge is 0.508 e. The van der Waals surface area contributed by atoms with Gasteiger partial charge in [-0.05, 0) is 12.1 Å². The van der Waals surface area contributed by atoms with Crippen LogP contribution in [-0.2, 0) is 9.47 Å². The normalized spacial score (nSPS) is 11.9. The third kappa shape index (κ3) is 4.18. The number of nitrogens with zero attached hydrogens (tertiary/aromatic N) is 1. The number of nitro benzene ring substituents is 1. The van der Waals surface area contributed by atoms with Crippen LogP contribution in [0.25, 0.3) is 0 Å². The minimum atomic E-state index is -0.683. The molecule has 8 nitrogen and oxygen atoms in total. The first-order valence-corrected chi connectivity index (χ1v) is 5.77. The molecular formula is C12H16N2O6. The molecule has 1 unspecified atom stereocenters. The van der Waals surface area contributed by atoms with Crippen LogP contribution < -0.4 is 5.32 Å². The van der Waals surface area contributed by atoms with Crippen LogP contribution in [0.1, 0.15) is 10.4 Å². The van der Waals surface area contributed by atoms with Gasteiger partial charge in [0, 0.05) is 26.8 Å². The molecule has 0 aromatic heterocycles. The zero-order chi connectivity index (χ0) is 15.1. The molecule has 1 atom stereocenters. The fourth-order valence-corrected chi connectivity index (χ4v) is 1.56. The van der Waals surface area contributed by atoms with Crippen LogP contribution in [0.3, 0.4) is 0 Å². The second-order valence-electron chi connectivity index (χ2n) is 3.98. The molecule has 0 bridgehead atoms. The molecule has 1 aromatic carbocycles. The van der Waals surface area contributed by atoms with Gasteiger partial charge in [0.25, 0.3) is 11.6 Å². The van der Waals surface area contributed by atoms with E-state index in [1.54, 1.807) is 0 Å². The predicted molar refractivity (Wildman–Crippen MR) is 69.8 cm³/mol. The van der Waals surface area contributed by atoms with E-state index < -0.39 is 10.8 Å². The van der Waals surface area contributed by atoms with Gasteiger partial charge in [-0.2, -0.15) is 0 Å². The zero-order valence-electron chi connectivity index (χ0n) is 11.2. The predicted octanol–water partition coefficient (Wildman–Crippen LogP) is 0.692. The van der Waals surface area contributed by atoms with Gasteiger partial charge >= 0.3 is 0 Å². The summed E-state index contributed by atoms with van der Waals surface area (Å²) >= 11 is 0. The van der Waals surface area contributed by atoms with Crippen LogP contribution in [0.2, 0.25) is 0 Å². The molecule has 0 radical (unpaired) electrons. The number of hydrogen-bond donors (Lipinski definition) is 2. The van der Waals surface area contributed by atoms with Crippen molar-refractivity contribution in [3.8, 4) is 5.75 Å². The first-order valence-electron chi connectivity index (χ1n) is 5.77. The van der Waals surface area contributed by atoms with Crippen LogP contribution in [0.4, 0.5) is 5.69 Å². The Bertz CT molecular complexity index is 491. The summed E-state index contributed by atoms with van der Waals surface area (Å²) in [5, 5.41) is 22.7. The molecule has 8 heteroatoms. The Morgan fingerprint density at radius 2 is 2.20 bits per heavy atom. The lowest BCUT2D eigenvalue weighted by atomic mass is 10.1. The molecule has 0 spiro atoms. The number of phenolic OH excluding ortho intramolecular Hbond substituents is 1. The Balaban J connectivity index is 2.81. The molecule has 1 rings (SSSR count). The van der Waals surface area contributed by atoms with Crippen molar-refractivity contribution in [2.45, 2.75) is 6.10 Å². The standard InChI is InChI=1S/C12H16N2O6/c1-19-7-9(20-2)6-13-12(16)10-5-8(15)3-4-11(10)14(17)18/h3-5,9,15H,6-7H2,1-2H3,(H,13,16). The maximum Gasteiger partial charge on any atom is 0.282 e. The van der Waals surface area contributed by atoms with Crippen molar-refractivity contribution >= 4 is 11.6 Å². The summed E-state index contributed by atoms with van der Waals surface area (Å²) in [5.74, 6) is -0.883. The Morgan fingerprint density at radius 3 is 2.75 bits per heavy atom. The molecule has 1 aromatic rings. The van der Waals surface area contributed by atoms with Crippen LogP contribution in [-0.4, -0.2) is 49.4 Å². The van der Waals surface area contributed by atoms with E-state index in [1.165, 1.54) is 14.2 Å². The number of methoxy groups -OCH3 is 2. The number of aromatic hydroxyl groups is 1. The van der Waals surface area contributed by atoms with Gasteiger partial charge in [-0.15, -0.1) is 0 Å². The maximum atomic E-state index is 11.9. The summed E-state index contributed by atoms with van der Waals surface area (Å²) < 4.78 is 9.94. The number of ether oxygens (including phenoxy) is 2. The molecule has 2 N–H and O–H groups in total. The molecule has 0 aliphatic rings. The highest BCUT2D eigenvalue weighted by molar-refractivity contribution is 5.98. The number of rotatable bonds is 7. The molecule has 20 heavy (non-hydrogen) atoms. The van der Waals surface area contributed by atoms with Crippen LogP contribution in [0.5, 0.6) is 5.75 Å². The van der Waals surface area contributed by atoms with Gasteiger partial charge in [0.15, 0.2) is 0 Å². The summed E-state index contributed by atoms with van der Waals surface area (Å²) in [4.78, 5) is 22.1. The van der Waals surface area contributed by atoms with Crippen molar-refractivity contribution in [2.75, 3.05) is 27.4 Å². The minimum absolute atomic E-state index is 0.135. The first kappa shape index (κ1) is 15.9. The average Bonchev–Trinajstić information content (AvgIpc) is 2.42. The zero-order valence-corrected chi connectivity index (χ0v) is 11.2. The topological polar surface area (TPSA) is 111 Å². The Labute approximate surface area is 115 Å². The Morgan fingerprint density at radius 1 is 1.50 bits per heavy atom. The van der Waals surface area contributed by atoms with Gasteiger partial charge in [0.1, 0.15) is 11.3 Å². The molecular weight excluding hydrogens is 268 g/mol. The molecule has 0 heterocycles. The van der Waals surface area contributed by atoms with Crippen molar-refractivity contribution in [2.24, 2.45) is 0 Å². The molecule has 0 aliphatic heterocycles. The van der Waals surface area contributed by atoms with Crippen molar-refractivity contribution in [3.63, 3.8) is 0 Å². The highest BCUT2D eigenvalue weighted by Crippen LogP contribution is 2.23. The number of phenols is 1. The average molecular weight is 284 g/mol. The lowest BCUT2D eigenvalue weighted by Gasteiger charge is -2.15. The fraction of sp³-hybridized carbons (Fsp3) is 0.417. The van der Waals surface area contributed by atoms with Gasteiger partial charge < -0.3 is 19.9 Å². The van der Waals surface area contributed by atoms with E-state index >= 15 is 0 Å². The van der Waals surface area contributed by atoms with Crippen LogP contribution >= 0.6 is 0 Å². The molecule has 110 valence electrons. The number of nitro groups is 1. The quantitative estimate of drug-likeness (QED) is 0.563. The number of nitrogens with one attached hydrogen (secondary N) is 1. The number of carbonyl (C=O) groups is 1. The summed E-state index contributed by atoms with van der Waals surface area (Å²) in [5.41, 5.74) is -0.580. The van der Waals surface area contributed by atoms with Gasteiger partial charge in [0.05, 0.1) is 17.6 Å². The summed E-state index contributed by atoms with van der Waals surface area (Å²) in [7, 11) is 2.96. The van der Waals surface area contributed by atoms with E-state index in [4.69, 9.17) is 9.47 Å². The SMILES string of the molecule is COCC(CNC(=O)c1cc(O)ccc1[N+](=O)[O-])OC. The molecule has 0 saturated heterocycles. The smallest absolute Gasteiger partial charge is 0.282 e. The number of benzene rings is 1. The summed E-state index contributed by atoms with van der Waals surface area (Å²) in [6.07, 6.45) is -0.361. The minimum Gasteiger partial charge on any atom is -0.508 e. The van der Waals surface area contributed by atoms with E-state index in [1.807, 2.05) is 0 Å². The van der Waals surface area contributed by atoms with Gasteiger partial charge in [-0.1, -0.05) is 0 Å². The van der Waals surface area contributed by atoms with Crippen molar-refractivity contribution in [1.82, 2.24) is 5.32 Å². The maximum absolute atomic E-state index is 11.9. The van der Waals surface area contributed by atoms with E-state index in [9.17, 15) is 20.0 Å². The molecule has 1 amide bonds.